The molecule has 1 aromatic rings. The molecule has 1 aromatic carbocycles. The molecule has 0 amide bonds. The van der Waals surface area contributed by atoms with Crippen molar-refractivity contribution in [1.29, 1.82) is 0 Å². The van der Waals surface area contributed by atoms with Gasteiger partial charge >= 0.3 is 0 Å². The molecule has 1 fully saturated rings. The second-order valence-electron chi connectivity index (χ2n) is 3.97. The average Bonchev–Trinajstić information content (AvgIpc) is 2.32. The summed E-state index contributed by atoms with van der Waals surface area (Å²) in [4.78, 5) is 0. The SMILES string of the molecule is Oc1c(Cl)cc(C2CCCNC2)c(F)c1F. The van der Waals surface area contributed by atoms with Crippen LogP contribution in [-0.4, -0.2) is 18.2 Å². The summed E-state index contributed by atoms with van der Waals surface area (Å²) in [5.41, 5.74) is 0.243. The van der Waals surface area contributed by atoms with Gasteiger partial charge in [0, 0.05) is 6.54 Å². The Kier molecular flexibility index (Phi) is 3.30. The molecule has 1 atom stereocenters. The van der Waals surface area contributed by atoms with Crippen LogP contribution in [0.15, 0.2) is 6.07 Å². The van der Waals surface area contributed by atoms with Gasteiger partial charge in [-0.2, -0.15) is 4.39 Å². The van der Waals surface area contributed by atoms with Gasteiger partial charge in [0.15, 0.2) is 11.6 Å². The van der Waals surface area contributed by atoms with Gasteiger partial charge in [-0.05, 0) is 36.9 Å². The van der Waals surface area contributed by atoms with Gasteiger partial charge in [0.1, 0.15) is 0 Å². The fraction of sp³-hybridized carbons (Fsp3) is 0.455. The summed E-state index contributed by atoms with van der Waals surface area (Å²) >= 11 is 5.63. The van der Waals surface area contributed by atoms with Gasteiger partial charge in [0.25, 0.3) is 0 Å². The highest BCUT2D eigenvalue weighted by atomic mass is 35.5. The summed E-state index contributed by atoms with van der Waals surface area (Å²) in [5, 5.41) is 12.1. The minimum absolute atomic E-state index is 0.0821. The number of hydrogen-bond acceptors (Lipinski definition) is 2. The molecular weight excluding hydrogens is 236 g/mol. The maximum Gasteiger partial charge on any atom is 0.202 e. The quantitative estimate of drug-likeness (QED) is 0.748. The van der Waals surface area contributed by atoms with Crippen molar-refractivity contribution in [1.82, 2.24) is 5.32 Å². The van der Waals surface area contributed by atoms with E-state index >= 15 is 0 Å². The van der Waals surface area contributed by atoms with Crippen LogP contribution in [0.25, 0.3) is 0 Å². The number of halogens is 3. The van der Waals surface area contributed by atoms with E-state index in [9.17, 15) is 8.78 Å². The van der Waals surface area contributed by atoms with Gasteiger partial charge in [-0.1, -0.05) is 11.6 Å². The number of phenols is 1. The van der Waals surface area contributed by atoms with E-state index in [2.05, 4.69) is 5.32 Å². The molecule has 88 valence electrons. The van der Waals surface area contributed by atoms with E-state index in [1.54, 1.807) is 0 Å². The Hall–Kier alpha value is -0.870. The molecule has 1 unspecified atom stereocenters. The first-order chi connectivity index (χ1) is 7.61. The lowest BCUT2D eigenvalue weighted by molar-refractivity contribution is 0.392. The second-order valence-corrected chi connectivity index (χ2v) is 4.37. The Morgan fingerprint density at radius 3 is 2.75 bits per heavy atom. The fourth-order valence-corrected chi connectivity index (χ4v) is 2.22. The van der Waals surface area contributed by atoms with E-state index in [1.807, 2.05) is 0 Å². The fourth-order valence-electron chi connectivity index (χ4n) is 2.02. The molecule has 0 radical (unpaired) electrons. The summed E-state index contributed by atoms with van der Waals surface area (Å²) in [6, 6.07) is 1.31. The van der Waals surface area contributed by atoms with Gasteiger partial charge in [0.05, 0.1) is 5.02 Å². The average molecular weight is 248 g/mol. The molecule has 0 saturated carbocycles. The maximum atomic E-state index is 13.6. The molecule has 16 heavy (non-hydrogen) atoms. The van der Waals surface area contributed by atoms with E-state index in [-0.39, 0.29) is 16.5 Å². The van der Waals surface area contributed by atoms with Gasteiger partial charge in [0.2, 0.25) is 5.82 Å². The Bertz CT molecular complexity index is 405. The highest BCUT2D eigenvalue weighted by Crippen LogP contribution is 2.35. The largest absolute Gasteiger partial charge is 0.504 e. The molecule has 0 aromatic heterocycles. The summed E-state index contributed by atoms with van der Waals surface area (Å²) in [6.07, 6.45) is 1.72. The number of piperidine rings is 1. The van der Waals surface area contributed by atoms with Crippen molar-refractivity contribution in [2.45, 2.75) is 18.8 Å². The lowest BCUT2D eigenvalue weighted by atomic mass is 9.91. The van der Waals surface area contributed by atoms with E-state index in [4.69, 9.17) is 16.7 Å². The summed E-state index contributed by atoms with van der Waals surface area (Å²) in [7, 11) is 0. The molecule has 0 spiro atoms. The zero-order chi connectivity index (χ0) is 11.7. The smallest absolute Gasteiger partial charge is 0.202 e. The molecule has 2 N–H and O–H groups in total. The van der Waals surface area contributed by atoms with Crippen LogP contribution in [0.3, 0.4) is 0 Å². The first-order valence-electron chi connectivity index (χ1n) is 5.18. The topological polar surface area (TPSA) is 32.3 Å². The number of phenolic OH excluding ortho intramolecular Hbond substituents is 1. The molecule has 1 heterocycles. The van der Waals surface area contributed by atoms with Gasteiger partial charge in [-0.25, -0.2) is 4.39 Å². The van der Waals surface area contributed by atoms with Crippen LogP contribution in [0.4, 0.5) is 8.78 Å². The van der Waals surface area contributed by atoms with Crippen molar-refractivity contribution < 1.29 is 13.9 Å². The monoisotopic (exact) mass is 247 g/mol. The minimum atomic E-state index is -1.26. The van der Waals surface area contributed by atoms with E-state index < -0.39 is 17.4 Å². The van der Waals surface area contributed by atoms with Crippen LogP contribution in [0.2, 0.25) is 5.02 Å². The predicted molar refractivity (Wildman–Crippen MR) is 57.9 cm³/mol. The molecule has 2 rings (SSSR count). The first-order valence-corrected chi connectivity index (χ1v) is 5.56. The van der Waals surface area contributed by atoms with Crippen LogP contribution >= 0.6 is 11.6 Å². The van der Waals surface area contributed by atoms with Crippen LogP contribution in [-0.2, 0) is 0 Å². The van der Waals surface area contributed by atoms with Crippen molar-refractivity contribution in [2.75, 3.05) is 13.1 Å². The number of nitrogens with one attached hydrogen (secondary N) is 1. The minimum Gasteiger partial charge on any atom is -0.504 e. The number of aromatic hydroxyl groups is 1. The molecule has 0 bridgehead atoms. The summed E-state index contributed by atoms with van der Waals surface area (Å²) in [5.74, 6) is -3.14. The highest BCUT2D eigenvalue weighted by molar-refractivity contribution is 6.32. The molecule has 1 saturated heterocycles. The normalized spacial score (nSPS) is 21.1. The van der Waals surface area contributed by atoms with E-state index in [0.29, 0.717) is 6.54 Å². The molecule has 1 aliphatic heterocycles. The Morgan fingerprint density at radius 2 is 2.12 bits per heavy atom. The van der Waals surface area contributed by atoms with Gasteiger partial charge in [-0.3, -0.25) is 0 Å². The zero-order valence-electron chi connectivity index (χ0n) is 8.56. The molecular formula is C11H12ClF2NO. The van der Waals surface area contributed by atoms with E-state index in [0.717, 1.165) is 19.4 Å². The number of rotatable bonds is 1. The lowest BCUT2D eigenvalue weighted by Crippen LogP contribution is -2.29. The van der Waals surface area contributed by atoms with Crippen LogP contribution in [0, 0.1) is 11.6 Å². The van der Waals surface area contributed by atoms with Gasteiger partial charge in [-0.15, -0.1) is 0 Å². The van der Waals surface area contributed by atoms with Crippen LogP contribution < -0.4 is 5.32 Å². The molecule has 0 aliphatic carbocycles. The lowest BCUT2D eigenvalue weighted by Gasteiger charge is -2.23. The second kappa shape index (κ2) is 4.55. The van der Waals surface area contributed by atoms with Crippen molar-refractivity contribution in [2.24, 2.45) is 0 Å². The van der Waals surface area contributed by atoms with Crippen LogP contribution in [0.5, 0.6) is 5.75 Å². The Labute approximate surface area is 97.2 Å². The zero-order valence-corrected chi connectivity index (χ0v) is 9.32. The summed E-state index contributed by atoms with van der Waals surface area (Å²) in [6.45, 7) is 1.50. The Balaban J connectivity index is 2.40. The van der Waals surface area contributed by atoms with E-state index in [1.165, 1.54) is 6.07 Å². The van der Waals surface area contributed by atoms with Crippen molar-refractivity contribution in [3.8, 4) is 5.75 Å². The van der Waals surface area contributed by atoms with Crippen molar-refractivity contribution in [3.63, 3.8) is 0 Å². The molecule has 1 aliphatic rings. The maximum absolute atomic E-state index is 13.6. The van der Waals surface area contributed by atoms with Crippen molar-refractivity contribution in [3.05, 3.63) is 28.3 Å². The summed E-state index contributed by atoms with van der Waals surface area (Å²) < 4.78 is 26.9. The standard InChI is InChI=1S/C11H12ClF2NO/c12-8-4-7(6-2-1-3-15-5-6)9(13)10(14)11(8)16/h4,6,15-16H,1-3,5H2. The Morgan fingerprint density at radius 1 is 1.38 bits per heavy atom. The van der Waals surface area contributed by atoms with Crippen LogP contribution in [0.1, 0.15) is 24.3 Å². The predicted octanol–water partition coefficient (Wildman–Crippen LogP) is 2.79. The highest BCUT2D eigenvalue weighted by Gasteiger charge is 2.24. The molecule has 2 nitrogen and oxygen atoms in total. The molecule has 5 heteroatoms. The third-order valence-electron chi connectivity index (χ3n) is 2.90. The van der Waals surface area contributed by atoms with Gasteiger partial charge < -0.3 is 10.4 Å². The third-order valence-corrected chi connectivity index (χ3v) is 3.19. The van der Waals surface area contributed by atoms with Crippen molar-refractivity contribution >= 4 is 11.6 Å². The third kappa shape index (κ3) is 1.99. The first kappa shape index (κ1) is 11.6. The number of hydrogen-bond donors (Lipinski definition) is 2. The number of benzene rings is 1.